The number of nitrogens with two attached hydrogens (primary N) is 1. The lowest BCUT2D eigenvalue weighted by Crippen LogP contribution is -2.33. The molecule has 0 radical (unpaired) electrons. The minimum atomic E-state index is -3.14. The van der Waals surface area contributed by atoms with Gasteiger partial charge in [-0.2, -0.15) is 0 Å². The molecule has 1 heterocycles. The molecule has 0 spiro atoms. The van der Waals surface area contributed by atoms with Crippen LogP contribution in [-0.2, 0) is 14.6 Å². The van der Waals surface area contributed by atoms with Gasteiger partial charge in [-0.15, -0.1) is 12.4 Å². The van der Waals surface area contributed by atoms with E-state index < -0.39 is 9.84 Å². The van der Waals surface area contributed by atoms with Gasteiger partial charge in [-0.1, -0.05) is 43.2 Å². The van der Waals surface area contributed by atoms with E-state index in [0.717, 1.165) is 31.2 Å². The van der Waals surface area contributed by atoms with Gasteiger partial charge in [0.2, 0.25) is 5.91 Å². The molecule has 25 heavy (non-hydrogen) atoms. The highest BCUT2D eigenvalue weighted by Gasteiger charge is 2.35. The number of halogens is 1. The summed E-state index contributed by atoms with van der Waals surface area (Å²) in [5.41, 5.74) is 7.35. The second kappa shape index (κ2) is 8.52. The number of hydrogen-bond acceptors (Lipinski definition) is 4. The first-order valence-electron chi connectivity index (χ1n) is 8.77. The Kier molecular flexibility index (Phi) is 6.88. The Morgan fingerprint density at radius 1 is 1.12 bits per heavy atom. The van der Waals surface area contributed by atoms with Gasteiger partial charge in [-0.25, -0.2) is 8.42 Å². The van der Waals surface area contributed by atoms with Gasteiger partial charge >= 0.3 is 0 Å². The van der Waals surface area contributed by atoms with Gasteiger partial charge in [0.25, 0.3) is 0 Å². The fourth-order valence-electron chi connectivity index (χ4n) is 3.89. The van der Waals surface area contributed by atoms with Gasteiger partial charge in [-0.05, 0) is 18.4 Å². The molecule has 140 valence electrons. The number of hydrogen-bond donors (Lipinski definition) is 1. The zero-order valence-corrected chi connectivity index (χ0v) is 16.0. The second-order valence-corrected chi connectivity index (χ2v) is 9.40. The van der Waals surface area contributed by atoms with Crippen molar-refractivity contribution in [2.24, 2.45) is 5.73 Å². The van der Waals surface area contributed by atoms with Crippen molar-refractivity contribution in [2.45, 2.75) is 49.3 Å². The Labute approximate surface area is 156 Å². The lowest BCUT2D eigenvalue weighted by atomic mass is 9.95. The normalized spacial score (nSPS) is 24.3. The number of carbonyl (C=O) groups excluding carboxylic acids is 1. The van der Waals surface area contributed by atoms with Crippen LogP contribution in [0.2, 0.25) is 0 Å². The highest BCUT2D eigenvalue weighted by molar-refractivity contribution is 7.92. The average molecular weight is 387 g/mol. The van der Waals surface area contributed by atoms with Crippen LogP contribution < -0.4 is 5.73 Å². The van der Waals surface area contributed by atoms with Crippen molar-refractivity contribution in [3.8, 4) is 0 Å². The number of sulfone groups is 1. The second-order valence-electron chi connectivity index (χ2n) is 7.00. The zero-order chi connectivity index (χ0) is 17.2. The van der Waals surface area contributed by atoms with E-state index in [4.69, 9.17) is 5.73 Å². The summed E-state index contributed by atoms with van der Waals surface area (Å²) in [7, 11) is -3.14. The molecule has 1 aliphatic heterocycles. The van der Waals surface area contributed by atoms with Gasteiger partial charge in [-0.3, -0.25) is 4.79 Å². The number of carbonyl (C=O) groups is 1. The summed E-state index contributed by atoms with van der Waals surface area (Å²) in [6.07, 6.45) is 3.55. The van der Waals surface area contributed by atoms with Crippen molar-refractivity contribution >= 4 is 28.2 Å². The molecule has 2 aliphatic rings. The number of rotatable bonds is 5. The Bertz CT molecular complexity index is 675. The molecule has 1 aromatic carbocycles. The van der Waals surface area contributed by atoms with Gasteiger partial charge in [0.05, 0.1) is 11.0 Å². The molecule has 1 saturated heterocycles. The summed E-state index contributed by atoms with van der Waals surface area (Å²) in [6, 6.07) is 9.87. The fraction of sp³-hybridized carbons (Fsp3) is 0.611. The smallest absolute Gasteiger partial charge is 0.223 e. The van der Waals surface area contributed by atoms with Crippen LogP contribution in [0, 0.1) is 0 Å². The zero-order valence-electron chi connectivity index (χ0n) is 14.3. The van der Waals surface area contributed by atoms with E-state index in [2.05, 4.69) is 0 Å². The maximum absolute atomic E-state index is 12.4. The first-order chi connectivity index (χ1) is 11.5. The molecule has 7 heteroatoms. The highest BCUT2D eigenvalue weighted by atomic mass is 35.5. The van der Waals surface area contributed by atoms with Crippen LogP contribution in [0.4, 0.5) is 0 Å². The topological polar surface area (TPSA) is 80.5 Å². The van der Waals surface area contributed by atoms with Crippen LogP contribution in [0.3, 0.4) is 0 Å². The Hall–Kier alpha value is -1.11. The maximum atomic E-state index is 12.4. The largest absolute Gasteiger partial charge is 0.340 e. The predicted octanol–water partition coefficient (Wildman–Crippen LogP) is 2.11. The summed E-state index contributed by atoms with van der Waals surface area (Å²) in [6.45, 7) is 1.08. The molecule has 1 saturated carbocycles. The molecule has 1 aliphatic carbocycles. The molecule has 0 bridgehead atoms. The highest BCUT2D eigenvalue weighted by Crippen LogP contribution is 2.28. The van der Waals surface area contributed by atoms with Crippen LogP contribution in [0.5, 0.6) is 0 Å². The molecule has 2 N–H and O–H groups in total. The quantitative estimate of drug-likeness (QED) is 0.840. The molecular weight excluding hydrogens is 360 g/mol. The van der Waals surface area contributed by atoms with Gasteiger partial charge < -0.3 is 10.6 Å². The Balaban J connectivity index is 0.00000225. The summed E-state index contributed by atoms with van der Waals surface area (Å²) in [5.74, 6) is 0.00478. The van der Waals surface area contributed by atoms with Crippen molar-refractivity contribution < 1.29 is 13.2 Å². The minimum absolute atomic E-state index is 0. The Morgan fingerprint density at radius 2 is 1.76 bits per heavy atom. The SMILES string of the molecule is Cl.N[C@@H]1CN(C(=O)CCS(=O)(=O)C2CCCC2)C[C@H]1c1ccccc1. The van der Waals surface area contributed by atoms with Gasteiger partial charge in [0.1, 0.15) is 0 Å². The van der Waals surface area contributed by atoms with Crippen molar-refractivity contribution in [3.63, 3.8) is 0 Å². The van der Waals surface area contributed by atoms with Crippen LogP contribution in [0.1, 0.15) is 43.6 Å². The van der Waals surface area contributed by atoms with E-state index in [-0.39, 0.29) is 47.7 Å². The summed E-state index contributed by atoms with van der Waals surface area (Å²) < 4.78 is 24.6. The van der Waals surface area contributed by atoms with E-state index in [9.17, 15) is 13.2 Å². The molecule has 1 aromatic rings. The number of likely N-dealkylation sites (tertiary alicyclic amines) is 1. The summed E-state index contributed by atoms with van der Waals surface area (Å²) in [5, 5.41) is -0.233. The van der Waals surface area contributed by atoms with E-state index in [1.165, 1.54) is 0 Å². The molecule has 2 atom stereocenters. The van der Waals surface area contributed by atoms with E-state index in [0.29, 0.717) is 13.1 Å². The number of benzene rings is 1. The number of nitrogens with zero attached hydrogens (tertiary/aromatic N) is 1. The van der Waals surface area contributed by atoms with Crippen LogP contribution >= 0.6 is 12.4 Å². The summed E-state index contributed by atoms with van der Waals surface area (Å²) >= 11 is 0. The van der Waals surface area contributed by atoms with E-state index in [1.807, 2.05) is 30.3 Å². The maximum Gasteiger partial charge on any atom is 0.223 e. The molecular formula is C18H27ClN2O3S. The number of amides is 1. The minimum Gasteiger partial charge on any atom is -0.340 e. The van der Waals surface area contributed by atoms with Gasteiger partial charge in [0, 0.05) is 31.5 Å². The lowest BCUT2D eigenvalue weighted by Gasteiger charge is -2.17. The standard InChI is InChI=1S/C18H26N2O3S.ClH/c19-17-13-20(12-16(17)14-6-2-1-3-7-14)18(21)10-11-24(22,23)15-8-4-5-9-15;/h1-3,6-7,15-17H,4-5,8-13,19H2;1H/t16-,17+;/m0./s1. The van der Waals surface area contributed by atoms with Crippen molar-refractivity contribution in [2.75, 3.05) is 18.8 Å². The van der Waals surface area contributed by atoms with Crippen molar-refractivity contribution in [3.05, 3.63) is 35.9 Å². The third-order valence-corrected chi connectivity index (χ3v) is 7.62. The third-order valence-electron chi connectivity index (χ3n) is 5.36. The fourth-order valence-corrected chi connectivity index (χ4v) is 5.73. The van der Waals surface area contributed by atoms with Crippen molar-refractivity contribution in [1.29, 1.82) is 0 Å². The van der Waals surface area contributed by atoms with Crippen molar-refractivity contribution in [1.82, 2.24) is 4.90 Å². The van der Waals surface area contributed by atoms with Gasteiger partial charge in [0.15, 0.2) is 9.84 Å². The van der Waals surface area contributed by atoms with E-state index in [1.54, 1.807) is 4.90 Å². The molecule has 1 amide bonds. The molecule has 0 unspecified atom stereocenters. The van der Waals surface area contributed by atoms with Crippen LogP contribution in [-0.4, -0.2) is 49.4 Å². The molecule has 2 fully saturated rings. The first kappa shape index (κ1) is 20.2. The van der Waals surface area contributed by atoms with E-state index >= 15 is 0 Å². The molecule has 3 rings (SSSR count). The average Bonchev–Trinajstić information content (AvgIpc) is 3.23. The summed E-state index contributed by atoms with van der Waals surface area (Å²) in [4.78, 5) is 14.2. The first-order valence-corrected chi connectivity index (χ1v) is 10.5. The molecule has 5 nitrogen and oxygen atoms in total. The third kappa shape index (κ3) is 4.74. The van der Waals surface area contributed by atoms with Crippen LogP contribution in [0.15, 0.2) is 30.3 Å². The lowest BCUT2D eigenvalue weighted by molar-refractivity contribution is -0.129. The molecule has 0 aromatic heterocycles. The van der Waals surface area contributed by atoms with Crippen LogP contribution in [0.25, 0.3) is 0 Å². The monoisotopic (exact) mass is 386 g/mol. The Morgan fingerprint density at radius 3 is 2.40 bits per heavy atom. The predicted molar refractivity (Wildman–Crippen MR) is 102 cm³/mol.